The Labute approximate surface area is 101 Å². The molecule has 0 unspecified atom stereocenters. The molecule has 2 aliphatic heterocycles. The summed E-state index contributed by atoms with van der Waals surface area (Å²) in [5.74, 6) is 1.63. The zero-order valence-electron chi connectivity index (χ0n) is 9.94. The Morgan fingerprint density at radius 2 is 2.29 bits per heavy atom. The van der Waals surface area contributed by atoms with Gasteiger partial charge in [-0.2, -0.15) is 0 Å². The minimum Gasteiger partial charge on any atom is -0.493 e. The smallest absolute Gasteiger partial charge is 0.166 e. The molecule has 1 N–H and O–H groups in total. The Morgan fingerprint density at radius 1 is 1.35 bits per heavy atom. The van der Waals surface area contributed by atoms with Gasteiger partial charge in [0.05, 0.1) is 20.3 Å². The second kappa shape index (κ2) is 4.55. The minimum atomic E-state index is 0.0800. The summed E-state index contributed by atoms with van der Waals surface area (Å²) in [5, 5.41) is 3.49. The molecule has 0 aromatic heterocycles. The fourth-order valence-electron chi connectivity index (χ4n) is 2.57. The number of rotatable bonds is 1. The number of hydrogen-bond donors (Lipinski definition) is 1. The van der Waals surface area contributed by atoms with Gasteiger partial charge in [-0.3, -0.25) is 0 Å². The highest BCUT2D eigenvalue weighted by Gasteiger charge is 2.32. The summed E-state index contributed by atoms with van der Waals surface area (Å²) in [5.41, 5.74) is 1.10. The number of ether oxygens (including phenoxy) is 3. The first kappa shape index (κ1) is 10.9. The molecule has 92 valence electrons. The van der Waals surface area contributed by atoms with Crippen LogP contribution in [0.5, 0.6) is 11.5 Å². The molecule has 2 heterocycles. The number of benzene rings is 1. The Hall–Kier alpha value is -1.26. The highest BCUT2D eigenvalue weighted by atomic mass is 16.5. The molecular weight excluding hydrogens is 218 g/mol. The summed E-state index contributed by atoms with van der Waals surface area (Å²) in [6.45, 7) is 2.36. The molecule has 0 amide bonds. The lowest BCUT2D eigenvalue weighted by atomic mass is 9.98. The summed E-state index contributed by atoms with van der Waals surface area (Å²) in [6.07, 6.45) is 1.04. The number of methoxy groups -OCH3 is 1. The zero-order valence-corrected chi connectivity index (χ0v) is 9.94. The number of morpholine rings is 1. The highest BCUT2D eigenvalue weighted by molar-refractivity contribution is 5.48. The normalized spacial score (nSPS) is 27.4. The van der Waals surface area contributed by atoms with Gasteiger partial charge in [-0.25, -0.2) is 0 Å². The van der Waals surface area contributed by atoms with E-state index in [1.807, 2.05) is 12.1 Å². The van der Waals surface area contributed by atoms with E-state index in [1.165, 1.54) is 0 Å². The van der Waals surface area contributed by atoms with Crippen molar-refractivity contribution in [1.29, 1.82) is 0 Å². The number of hydrogen-bond acceptors (Lipinski definition) is 4. The van der Waals surface area contributed by atoms with Gasteiger partial charge < -0.3 is 19.5 Å². The van der Waals surface area contributed by atoms with E-state index in [0.717, 1.165) is 36.6 Å². The summed E-state index contributed by atoms with van der Waals surface area (Å²) >= 11 is 0. The second-order valence-corrected chi connectivity index (χ2v) is 4.37. The molecule has 2 aliphatic rings. The van der Waals surface area contributed by atoms with Crippen molar-refractivity contribution in [3.63, 3.8) is 0 Å². The molecular formula is C13H17NO3. The molecule has 1 fully saturated rings. The van der Waals surface area contributed by atoms with Gasteiger partial charge in [0.1, 0.15) is 6.10 Å². The van der Waals surface area contributed by atoms with E-state index in [4.69, 9.17) is 14.2 Å². The molecule has 4 nitrogen and oxygen atoms in total. The lowest BCUT2D eigenvalue weighted by Crippen LogP contribution is -2.43. The van der Waals surface area contributed by atoms with E-state index in [0.29, 0.717) is 12.6 Å². The maximum atomic E-state index is 5.89. The van der Waals surface area contributed by atoms with Gasteiger partial charge in [0.25, 0.3) is 0 Å². The maximum absolute atomic E-state index is 5.89. The van der Waals surface area contributed by atoms with E-state index < -0.39 is 0 Å². The number of nitrogens with one attached hydrogen (secondary N) is 1. The fourth-order valence-corrected chi connectivity index (χ4v) is 2.57. The largest absolute Gasteiger partial charge is 0.493 e. The molecule has 4 heteroatoms. The van der Waals surface area contributed by atoms with Crippen LogP contribution < -0.4 is 14.8 Å². The Bertz CT molecular complexity index is 408. The van der Waals surface area contributed by atoms with Crippen molar-refractivity contribution in [3.8, 4) is 11.5 Å². The van der Waals surface area contributed by atoms with E-state index in [-0.39, 0.29) is 6.10 Å². The number of para-hydroxylation sites is 1. The number of fused-ring (bicyclic) bond motifs is 3. The van der Waals surface area contributed by atoms with Crippen LogP contribution in [-0.4, -0.2) is 32.9 Å². The Kier molecular flexibility index (Phi) is 2.91. The predicted molar refractivity (Wildman–Crippen MR) is 63.6 cm³/mol. The van der Waals surface area contributed by atoms with E-state index in [9.17, 15) is 0 Å². The van der Waals surface area contributed by atoms with Gasteiger partial charge in [0, 0.05) is 18.2 Å². The van der Waals surface area contributed by atoms with Crippen LogP contribution in [0.2, 0.25) is 0 Å². The fraction of sp³-hybridized carbons (Fsp3) is 0.538. The summed E-state index contributed by atoms with van der Waals surface area (Å²) in [7, 11) is 1.67. The van der Waals surface area contributed by atoms with Gasteiger partial charge in [-0.1, -0.05) is 12.1 Å². The molecule has 0 bridgehead atoms. The highest BCUT2D eigenvalue weighted by Crippen LogP contribution is 2.40. The average molecular weight is 235 g/mol. The van der Waals surface area contributed by atoms with Gasteiger partial charge in [0.15, 0.2) is 11.5 Å². The summed E-state index contributed by atoms with van der Waals surface area (Å²) < 4.78 is 17.1. The summed E-state index contributed by atoms with van der Waals surface area (Å²) in [4.78, 5) is 0. The average Bonchev–Trinajstić information content (AvgIpc) is 2.58. The van der Waals surface area contributed by atoms with Crippen LogP contribution in [0.1, 0.15) is 18.1 Å². The van der Waals surface area contributed by atoms with Crippen LogP contribution in [-0.2, 0) is 4.74 Å². The molecule has 17 heavy (non-hydrogen) atoms. The van der Waals surface area contributed by atoms with Gasteiger partial charge in [-0.05, 0) is 12.5 Å². The van der Waals surface area contributed by atoms with Crippen LogP contribution in [0.15, 0.2) is 18.2 Å². The van der Waals surface area contributed by atoms with Crippen LogP contribution in [0.4, 0.5) is 0 Å². The molecule has 2 atom stereocenters. The van der Waals surface area contributed by atoms with Crippen molar-refractivity contribution in [2.75, 3.05) is 26.9 Å². The van der Waals surface area contributed by atoms with Crippen LogP contribution in [0.25, 0.3) is 0 Å². The SMILES string of the molecule is COc1cccc2c1OCC[C@H]1NCCO[C@H]21. The van der Waals surface area contributed by atoms with Crippen LogP contribution in [0.3, 0.4) is 0 Å². The quantitative estimate of drug-likeness (QED) is 0.801. The first-order valence-corrected chi connectivity index (χ1v) is 6.05. The maximum Gasteiger partial charge on any atom is 0.166 e. The first-order chi connectivity index (χ1) is 8.40. The molecule has 3 rings (SSSR count). The molecule has 0 spiro atoms. The minimum absolute atomic E-state index is 0.0800. The monoisotopic (exact) mass is 235 g/mol. The predicted octanol–water partition coefficient (Wildman–Crippen LogP) is 1.51. The standard InChI is InChI=1S/C13H17NO3/c1-15-11-4-2-3-9-12-10(14-6-8-17-12)5-7-16-13(9)11/h2-4,10,12,14H,5-8H2,1H3/t10-,12-/m1/s1. The van der Waals surface area contributed by atoms with E-state index >= 15 is 0 Å². The van der Waals surface area contributed by atoms with Crippen molar-refractivity contribution in [2.45, 2.75) is 18.6 Å². The first-order valence-electron chi connectivity index (χ1n) is 6.05. The lowest BCUT2D eigenvalue weighted by molar-refractivity contribution is -0.00587. The molecule has 1 aromatic carbocycles. The Balaban J connectivity index is 2.03. The third kappa shape index (κ3) is 1.87. The van der Waals surface area contributed by atoms with Gasteiger partial charge >= 0.3 is 0 Å². The van der Waals surface area contributed by atoms with Crippen molar-refractivity contribution < 1.29 is 14.2 Å². The van der Waals surface area contributed by atoms with Gasteiger partial charge in [0.2, 0.25) is 0 Å². The molecule has 0 saturated carbocycles. The molecule has 0 aliphatic carbocycles. The Morgan fingerprint density at radius 3 is 3.18 bits per heavy atom. The lowest BCUT2D eigenvalue weighted by Gasteiger charge is -2.31. The van der Waals surface area contributed by atoms with Crippen LogP contribution in [0, 0.1) is 0 Å². The van der Waals surface area contributed by atoms with Crippen molar-refractivity contribution in [1.82, 2.24) is 5.32 Å². The summed E-state index contributed by atoms with van der Waals surface area (Å²) in [6, 6.07) is 6.32. The van der Waals surface area contributed by atoms with Crippen molar-refractivity contribution >= 4 is 0 Å². The van der Waals surface area contributed by atoms with E-state index in [1.54, 1.807) is 7.11 Å². The van der Waals surface area contributed by atoms with E-state index in [2.05, 4.69) is 11.4 Å². The third-order valence-corrected chi connectivity index (χ3v) is 3.38. The van der Waals surface area contributed by atoms with Crippen molar-refractivity contribution in [3.05, 3.63) is 23.8 Å². The van der Waals surface area contributed by atoms with Gasteiger partial charge in [-0.15, -0.1) is 0 Å². The second-order valence-electron chi connectivity index (χ2n) is 4.37. The molecule has 1 saturated heterocycles. The zero-order chi connectivity index (χ0) is 11.7. The topological polar surface area (TPSA) is 39.7 Å². The third-order valence-electron chi connectivity index (χ3n) is 3.38. The molecule has 0 radical (unpaired) electrons. The van der Waals surface area contributed by atoms with Crippen LogP contribution >= 0.6 is 0 Å². The molecule has 1 aromatic rings. The van der Waals surface area contributed by atoms with Crippen molar-refractivity contribution in [2.24, 2.45) is 0 Å².